The van der Waals surface area contributed by atoms with Crippen LogP contribution in [0.3, 0.4) is 0 Å². The Labute approximate surface area is 97.0 Å². The summed E-state index contributed by atoms with van der Waals surface area (Å²) in [6, 6.07) is 0. The van der Waals surface area contributed by atoms with Gasteiger partial charge < -0.3 is 14.9 Å². The molecule has 16 heavy (non-hydrogen) atoms. The Morgan fingerprint density at radius 3 is 2.12 bits per heavy atom. The fraction of sp³-hybridized carbons (Fsp3) is 0.818. The zero-order valence-corrected chi connectivity index (χ0v) is 10.6. The lowest BCUT2D eigenvalue weighted by Gasteiger charge is -2.21. The number of rotatable bonds is 7. The van der Waals surface area contributed by atoms with E-state index in [0.717, 1.165) is 6.54 Å². The van der Waals surface area contributed by atoms with E-state index in [1.54, 1.807) is 18.9 Å². The molecule has 0 spiro atoms. The standard InChI is InChI=1S/C11H22N2O3/c1-9(8-11(15)16)7-10(14)13(4)6-5-12(2)3/h9H,5-8H2,1-4H3,(H,15,16). The lowest BCUT2D eigenvalue weighted by atomic mass is 10.0. The Balaban J connectivity index is 3.90. The minimum Gasteiger partial charge on any atom is -0.481 e. The van der Waals surface area contributed by atoms with E-state index >= 15 is 0 Å². The molecule has 0 aromatic heterocycles. The first-order valence-corrected chi connectivity index (χ1v) is 5.43. The molecule has 5 nitrogen and oxygen atoms in total. The van der Waals surface area contributed by atoms with Crippen molar-refractivity contribution in [3.05, 3.63) is 0 Å². The van der Waals surface area contributed by atoms with Gasteiger partial charge in [-0.15, -0.1) is 0 Å². The first-order valence-electron chi connectivity index (χ1n) is 5.43. The maximum Gasteiger partial charge on any atom is 0.303 e. The molecule has 0 aliphatic heterocycles. The highest BCUT2D eigenvalue weighted by molar-refractivity contribution is 5.77. The number of amides is 1. The van der Waals surface area contributed by atoms with Crippen molar-refractivity contribution in [2.24, 2.45) is 5.92 Å². The molecule has 0 saturated carbocycles. The second-order valence-electron chi connectivity index (χ2n) is 4.53. The van der Waals surface area contributed by atoms with Crippen LogP contribution in [-0.2, 0) is 9.59 Å². The quantitative estimate of drug-likeness (QED) is 0.692. The van der Waals surface area contributed by atoms with Gasteiger partial charge in [0.25, 0.3) is 0 Å². The first-order chi connectivity index (χ1) is 7.32. The van der Waals surface area contributed by atoms with Crippen LogP contribution in [0, 0.1) is 5.92 Å². The van der Waals surface area contributed by atoms with Crippen LogP contribution in [0.25, 0.3) is 0 Å². The molecule has 0 bridgehead atoms. The monoisotopic (exact) mass is 230 g/mol. The van der Waals surface area contributed by atoms with E-state index in [-0.39, 0.29) is 18.2 Å². The molecule has 0 heterocycles. The molecule has 94 valence electrons. The summed E-state index contributed by atoms with van der Waals surface area (Å²) in [4.78, 5) is 25.8. The second-order valence-corrected chi connectivity index (χ2v) is 4.53. The number of carboxylic acid groups (broad SMARTS) is 1. The molecule has 0 aromatic rings. The van der Waals surface area contributed by atoms with Gasteiger partial charge in [-0.1, -0.05) is 6.92 Å². The van der Waals surface area contributed by atoms with Crippen molar-refractivity contribution in [1.82, 2.24) is 9.80 Å². The summed E-state index contributed by atoms with van der Waals surface area (Å²) in [5, 5.41) is 8.58. The second kappa shape index (κ2) is 7.22. The van der Waals surface area contributed by atoms with Crippen molar-refractivity contribution in [2.45, 2.75) is 19.8 Å². The van der Waals surface area contributed by atoms with Crippen molar-refractivity contribution < 1.29 is 14.7 Å². The van der Waals surface area contributed by atoms with E-state index in [9.17, 15) is 9.59 Å². The average Bonchev–Trinajstić information content (AvgIpc) is 2.12. The van der Waals surface area contributed by atoms with Gasteiger partial charge >= 0.3 is 5.97 Å². The van der Waals surface area contributed by atoms with E-state index in [1.807, 2.05) is 19.0 Å². The van der Waals surface area contributed by atoms with E-state index in [0.29, 0.717) is 13.0 Å². The smallest absolute Gasteiger partial charge is 0.303 e. The Kier molecular flexibility index (Phi) is 6.72. The van der Waals surface area contributed by atoms with Crippen LogP contribution in [0.5, 0.6) is 0 Å². The highest BCUT2D eigenvalue weighted by Crippen LogP contribution is 2.09. The number of aliphatic carboxylic acids is 1. The van der Waals surface area contributed by atoms with Crippen molar-refractivity contribution in [1.29, 1.82) is 0 Å². The summed E-state index contributed by atoms with van der Waals surface area (Å²) in [5.41, 5.74) is 0. The normalized spacial score (nSPS) is 12.6. The summed E-state index contributed by atoms with van der Waals surface area (Å²) in [6.07, 6.45) is 0.351. The fourth-order valence-corrected chi connectivity index (χ4v) is 1.30. The number of carboxylic acids is 1. The summed E-state index contributed by atoms with van der Waals surface area (Å²) < 4.78 is 0. The molecular formula is C11H22N2O3. The first kappa shape index (κ1) is 14.9. The van der Waals surface area contributed by atoms with Crippen molar-refractivity contribution in [2.75, 3.05) is 34.2 Å². The summed E-state index contributed by atoms with van der Waals surface area (Å²) >= 11 is 0. The van der Waals surface area contributed by atoms with Crippen molar-refractivity contribution >= 4 is 11.9 Å². The summed E-state index contributed by atoms with van der Waals surface area (Å²) in [5.74, 6) is -0.946. The van der Waals surface area contributed by atoms with Gasteiger partial charge in [0.15, 0.2) is 0 Å². The molecule has 1 N–H and O–H groups in total. The fourth-order valence-electron chi connectivity index (χ4n) is 1.30. The largest absolute Gasteiger partial charge is 0.481 e. The van der Waals surface area contributed by atoms with Gasteiger partial charge in [0.05, 0.1) is 0 Å². The number of carbonyl (C=O) groups excluding carboxylic acids is 1. The Hall–Kier alpha value is -1.10. The van der Waals surface area contributed by atoms with E-state index < -0.39 is 5.97 Å². The molecule has 0 aliphatic rings. The lowest BCUT2D eigenvalue weighted by molar-refractivity contribution is -0.138. The molecule has 0 aliphatic carbocycles. The van der Waals surface area contributed by atoms with Crippen LogP contribution >= 0.6 is 0 Å². The third-order valence-electron chi connectivity index (χ3n) is 2.35. The molecule has 0 saturated heterocycles. The molecular weight excluding hydrogens is 208 g/mol. The van der Waals surface area contributed by atoms with E-state index in [4.69, 9.17) is 5.11 Å². The van der Waals surface area contributed by atoms with Gasteiger partial charge in [-0.25, -0.2) is 0 Å². The van der Waals surface area contributed by atoms with Crippen LogP contribution < -0.4 is 0 Å². The van der Waals surface area contributed by atoms with Crippen LogP contribution in [0.1, 0.15) is 19.8 Å². The maximum absolute atomic E-state index is 11.7. The SMILES string of the molecule is CC(CC(=O)O)CC(=O)N(C)CCN(C)C. The van der Waals surface area contributed by atoms with E-state index in [1.165, 1.54) is 0 Å². The summed E-state index contributed by atoms with van der Waals surface area (Å²) in [7, 11) is 5.65. The number of nitrogens with zero attached hydrogens (tertiary/aromatic N) is 2. The van der Waals surface area contributed by atoms with Gasteiger partial charge in [0, 0.05) is 33.0 Å². The van der Waals surface area contributed by atoms with Crippen molar-refractivity contribution in [3.8, 4) is 0 Å². The Bertz CT molecular complexity index is 241. The molecule has 5 heteroatoms. The van der Waals surface area contributed by atoms with Crippen molar-refractivity contribution in [3.63, 3.8) is 0 Å². The molecule has 0 fully saturated rings. The van der Waals surface area contributed by atoms with Gasteiger partial charge in [-0.3, -0.25) is 9.59 Å². The summed E-state index contributed by atoms with van der Waals surface area (Å²) in [6.45, 7) is 3.27. The number of carbonyl (C=O) groups is 2. The number of hydrogen-bond donors (Lipinski definition) is 1. The van der Waals surface area contributed by atoms with Crippen LogP contribution in [0.4, 0.5) is 0 Å². The van der Waals surface area contributed by atoms with Gasteiger partial charge in [-0.2, -0.15) is 0 Å². The van der Waals surface area contributed by atoms with Crippen LogP contribution in [0.2, 0.25) is 0 Å². The number of likely N-dealkylation sites (N-methyl/N-ethyl adjacent to an activating group) is 2. The zero-order chi connectivity index (χ0) is 12.7. The Morgan fingerprint density at radius 1 is 1.12 bits per heavy atom. The molecule has 1 atom stereocenters. The molecule has 0 rings (SSSR count). The van der Waals surface area contributed by atoms with Crippen LogP contribution in [0.15, 0.2) is 0 Å². The number of hydrogen-bond acceptors (Lipinski definition) is 3. The minimum absolute atomic E-state index is 0.00981. The third-order valence-corrected chi connectivity index (χ3v) is 2.35. The Morgan fingerprint density at radius 2 is 1.69 bits per heavy atom. The van der Waals surface area contributed by atoms with Gasteiger partial charge in [-0.05, 0) is 20.0 Å². The predicted octanol–water partition coefficient (Wildman–Crippen LogP) is 0.507. The van der Waals surface area contributed by atoms with Gasteiger partial charge in [0.2, 0.25) is 5.91 Å². The third kappa shape index (κ3) is 7.23. The highest BCUT2D eigenvalue weighted by Gasteiger charge is 2.15. The average molecular weight is 230 g/mol. The zero-order valence-electron chi connectivity index (χ0n) is 10.6. The molecule has 1 unspecified atom stereocenters. The van der Waals surface area contributed by atoms with E-state index in [2.05, 4.69) is 0 Å². The molecule has 0 radical (unpaired) electrons. The lowest BCUT2D eigenvalue weighted by Crippen LogP contribution is -2.34. The van der Waals surface area contributed by atoms with Gasteiger partial charge in [0.1, 0.15) is 0 Å². The minimum atomic E-state index is -0.851. The predicted molar refractivity (Wildman–Crippen MR) is 62.2 cm³/mol. The topological polar surface area (TPSA) is 60.9 Å². The maximum atomic E-state index is 11.7. The highest BCUT2D eigenvalue weighted by atomic mass is 16.4. The molecule has 1 amide bonds. The molecule has 0 aromatic carbocycles. The van der Waals surface area contributed by atoms with Crippen LogP contribution in [-0.4, -0.2) is 61.0 Å².